The van der Waals surface area contributed by atoms with Gasteiger partial charge in [0.1, 0.15) is 12.1 Å². The van der Waals surface area contributed by atoms with Crippen molar-refractivity contribution in [3.05, 3.63) is 46.2 Å². The number of nitrogen functional groups attached to an aromatic ring is 1. The van der Waals surface area contributed by atoms with E-state index in [1.807, 2.05) is 19.9 Å². The van der Waals surface area contributed by atoms with Crippen LogP contribution in [-0.4, -0.2) is 34.3 Å². The Kier molecular flexibility index (Phi) is 25.8. The molecule has 7 heteroatoms. The van der Waals surface area contributed by atoms with Crippen molar-refractivity contribution < 1.29 is 14.7 Å². The van der Waals surface area contributed by atoms with E-state index < -0.39 is 0 Å². The number of nitrogens with two attached hydrogens (primary N) is 1. The van der Waals surface area contributed by atoms with Crippen LogP contribution in [0.2, 0.25) is 5.02 Å². The van der Waals surface area contributed by atoms with Gasteiger partial charge >= 0.3 is 0 Å². The van der Waals surface area contributed by atoms with E-state index in [4.69, 9.17) is 28.9 Å². The minimum Gasteiger partial charge on any atom is -0.397 e. The second-order valence-corrected chi connectivity index (χ2v) is 10.7. The number of aryl methyl sites for hydroxylation is 2. The van der Waals surface area contributed by atoms with Gasteiger partial charge in [0, 0.05) is 36.8 Å². The number of aldehydes is 1. The van der Waals surface area contributed by atoms with E-state index in [-0.39, 0.29) is 11.9 Å². The van der Waals surface area contributed by atoms with Crippen LogP contribution in [0, 0.1) is 19.3 Å². The van der Waals surface area contributed by atoms with Crippen LogP contribution in [0.3, 0.4) is 0 Å². The highest BCUT2D eigenvalue weighted by atomic mass is 35.5. The number of aliphatic hydroxyl groups is 1. The molecule has 0 radical (unpaired) electrons. The molecule has 0 amide bonds. The van der Waals surface area contributed by atoms with Gasteiger partial charge in [0.2, 0.25) is 0 Å². The summed E-state index contributed by atoms with van der Waals surface area (Å²) in [6.45, 7) is 13.9. The van der Waals surface area contributed by atoms with Crippen molar-refractivity contribution in [1.82, 2.24) is 4.98 Å². The highest BCUT2D eigenvalue weighted by Crippen LogP contribution is 2.23. The zero-order chi connectivity index (χ0) is 31.6. The molecular weight excluding hydrogens is 534 g/mol. The van der Waals surface area contributed by atoms with Gasteiger partial charge in [-0.3, -0.25) is 0 Å². The molecule has 5 N–H and O–H groups in total. The molecule has 1 aromatic heterocycles. The smallest absolute Gasteiger partial charge is 0.129 e. The molecule has 0 saturated heterocycles. The summed E-state index contributed by atoms with van der Waals surface area (Å²) >= 11 is 5.78. The number of terminal acetylenes is 1. The molecule has 0 aliphatic heterocycles. The molecule has 0 bridgehead atoms. The molecule has 0 aliphatic rings. The monoisotopic (exact) mass is 589 g/mol. The third-order valence-corrected chi connectivity index (χ3v) is 6.43. The second-order valence-electron chi connectivity index (χ2n) is 10.3. The van der Waals surface area contributed by atoms with E-state index in [0.29, 0.717) is 41.6 Å². The number of H-pyrrole nitrogens is 1. The van der Waals surface area contributed by atoms with Crippen LogP contribution >= 0.6 is 11.6 Å². The SMILES string of the molecule is C#Cc1cc(C)cc(Cl)c1N.CC(=O)CCC(C)O.CCCC=O.CCCCCC(CCC)Nc1c[nH]cc1CC. The topological polar surface area (TPSA) is 108 Å². The van der Waals surface area contributed by atoms with Crippen molar-refractivity contribution in [3.63, 3.8) is 0 Å². The highest BCUT2D eigenvalue weighted by Gasteiger charge is 2.10. The number of halogens is 1. The lowest BCUT2D eigenvalue weighted by Gasteiger charge is -2.19. The largest absolute Gasteiger partial charge is 0.397 e. The number of unbranched alkanes of at least 4 members (excludes halogenated alkanes) is 3. The van der Waals surface area contributed by atoms with E-state index in [1.165, 1.54) is 56.7 Å². The van der Waals surface area contributed by atoms with Gasteiger partial charge in [-0.1, -0.05) is 70.9 Å². The summed E-state index contributed by atoms with van der Waals surface area (Å²) in [6.07, 6.45) is 21.7. The maximum Gasteiger partial charge on any atom is 0.129 e. The Morgan fingerprint density at radius 1 is 1.12 bits per heavy atom. The number of Topliss-reactive ketones (excluding diaryl/α,β-unsaturated/α-hetero) is 1. The van der Waals surface area contributed by atoms with E-state index >= 15 is 0 Å². The predicted molar refractivity (Wildman–Crippen MR) is 178 cm³/mol. The van der Waals surface area contributed by atoms with Crippen LogP contribution in [0.15, 0.2) is 24.5 Å². The number of anilines is 2. The molecule has 232 valence electrons. The number of aromatic amines is 1. The molecule has 1 aromatic carbocycles. The van der Waals surface area contributed by atoms with Crippen LogP contribution in [0.1, 0.15) is 122 Å². The molecule has 0 saturated carbocycles. The van der Waals surface area contributed by atoms with Gasteiger partial charge in [0.15, 0.2) is 0 Å². The molecule has 2 rings (SSSR count). The van der Waals surface area contributed by atoms with Gasteiger partial charge in [0.05, 0.1) is 22.5 Å². The molecule has 0 spiro atoms. The number of carbonyl (C=O) groups excluding carboxylic acids is 2. The Balaban J connectivity index is 0. The van der Waals surface area contributed by atoms with E-state index in [9.17, 15) is 9.59 Å². The lowest BCUT2D eigenvalue weighted by Crippen LogP contribution is -2.19. The standard InChI is InChI=1S/C15H28N2.C9H8ClN.C6H12O2.C4H8O/c1-4-7-8-10-14(9-5-2)17-15-12-16-11-13(15)6-3;1-3-7-4-6(2)5-8(10)9(7)11;1-5(7)3-4-6(2)8;1-2-3-4-5/h11-12,14,16-17H,4-10H2,1-3H3;1,4-5H,11H2,2H3;5,7H,3-4H2,1-2H3;4H,2-3H2,1H3. The predicted octanol–water partition coefficient (Wildman–Crippen LogP) is 8.67. The van der Waals surface area contributed by atoms with Crippen LogP contribution in [0.5, 0.6) is 0 Å². The number of aromatic nitrogens is 1. The first-order chi connectivity index (χ1) is 19.5. The zero-order valence-corrected chi connectivity index (χ0v) is 27.4. The fraction of sp³-hybridized carbons (Fsp3) is 0.588. The fourth-order valence-electron chi connectivity index (χ4n) is 3.72. The first-order valence-electron chi connectivity index (χ1n) is 15.1. The first kappa shape index (κ1) is 40.4. The van der Waals surface area contributed by atoms with Crippen molar-refractivity contribution in [1.29, 1.82) is 0 Å². The normalized spacial score (nSPS) is 11.2. The van der Waals surface area contributed by atoms with Crippen molar-refractivity contribution in [3.8, 4) is 12.3 Å². The molecule has 6 nitrogen and oxygen atoms in total. The number of hydrogen-bond donors (Lipinski definition) is 4. The van der Waals surface area contributed by atoms with Crippen LogP contribution < -0.4 is 11.1 Å². The third-order valence-electron chi connectivity index (χ3n) is 6.12. The first-order valence-corrected chi connectivity index (χ1v) is 15.4. The fourth-order valence-corrected chi connectivity index (χ4v) is 4.00. The number of hydrogen-bond acceptors (Lipinski definition) is 5. The summed E-state index contributed by atoms with van der Waals surface area (Å²) in [4.78, 5) is 22.8. The van der Waals surface area contributed by atoms with E-state index in [2.05, 4.69) is 49.4 Å². The minimum absolute atomic E-state index is 0.144. The molecular formula is C34H56ClN3O3. The van der Waals surface area contributed by atoms with E-state index in [1.54, 1.807) is 13.0 Å². The Labute approximate surface area is 255 Å². The summed E-state index contributed by atoms with van der Waals surface area (Å²) in [5.74, 6) is 2.61. The molecule has 2 atom stereocenters. The molecule has 0 fully saturated rings. The highest BCUT2D eigenvalue weighted by molar-refractivity contribution is 6.33. The zero-order valence-electron chi connectivity index (χ0n) is 26.6. The lowest BCUT2D eigenvalue weighted by molar-refractivity contribution is -0.117. The maximum atomic E-state index is 10.2. The number of rotatable bonds is 14. The van der Waals surface area contributed by atoms with Crippen molar-refractivity contribution in [2.45, 2.75) is 131 Å². The summed E-state index contributed by atoms with van der Waals surface area (Å²) in [6, 6.07) is 4.27. The number of benzene rings is 1. The Hall–Kier alpha value is -2.75. The van der Waals surface area contributed by atoms with Crippen LogP contribution in [0.25, 0.3) is 0 Å². The summed E-state index contributed by atoms with van der Waals surface area (Å²) in [7, 11) is 0. The summed E-state index contributed by atoms with van der Waals surface area (Å²) in [5, 5.41) is 12.9. The van der Waals surface area contributed by atoms with Gasteiger partial charge in [-0.25, -0.2) is 0 Å². The average molecular weight is 590 g/mol. The Morgan fingerprint density at radius 2 is 1.80 bits per heavy atom. The number of ketones is 1. The number of nitrogens with one attached hydrogen (secondary N) is 2. The average Bonchev–Trinajstić information content (AvgIpc) is 3.38. The third kappa shape index (κ3) is 21.6. The quantitative estimate of drug-likeness (QED) is 0.0762. The van der Waals surface area contributed by atoms with Crippen LogP contribution in [-0.2, 0) is 16.0 Å². The summed E-state index contributed by atoms with van der Waals surface area (Å²) < 4.78 is 0. The minimum atomic E-state index is -0.334. The lowest BCUT2D eigenvalue weighted by atomic mass is 10.0. The van der Waals surface area contributed by atoms with Crippen molar-refractivity contribution in [2.24, 2.45) is 0 Å². The second kappa shape index (κ2) is 26.2. The Morgan fingerprint density at radius 3 is 2.24 bits per heavy atom. The molecule has 1 heterocycles. The Bertz CT molecular complexity index is 996. The van der Waals surface area contributed by atoms with Gasteiger partial charge in [-0.2, -0.15) is 0 Å². The number of carbonyl (C=O) groups is 2. The molecule has 0 aliphatic carbocycles. The van der Waals surface area contributed by atoms with Crippen molar-refractivity contribution >= 4 is 35.0 Å². The van der Waals surface area contributed by atoms with Gasteiger partial charge in [0.25, 0.3) is 0 Å². The van der Waals surface area contributed by atoms with Crippen LogP contribution in [0.4, 0.5) is 11.4 Å². The maximum absolute atomic E-state index is 10.2. The number of aliphatic hydroxyl groups excluding tert-OH is 1. The van der Waals surface area contributed by atoms with Gasteiger partial charge in [-0.05, 0) is 76.1 Å². The van der Waals surface area contributed by atoms with Gasteiger partial charge < -0.3 is 30.7 Å². The molecule has 2 aromatic rings. The summed E-state index contributed by atoms with van der Waals surface area (Å²) in [5.41, 5.74) is 10.5. The molecule has 2 unspecified atom stereocenters. The van der Waals surface area contributed by atoms with Gasteiger partial charge in [-0.15, -0.1) is 6.42 Å². The van der Waals surface area contributed by atoms with Crippen molar-refractivity contribution in [2.75, 3.05) is 11.1 Å². The molecule has 41 heavy (non-hydrogen) atoms. The van der Waals surface area contributed by atoms with E-state index in [0.717, 1.165) is 24.7 Å².